The zero-order valence-electron chi connectivity index (χ0n) is 16.8. The molecule has 0 spiro atoms. The second-order valence-electron chi connectivity index (χ2n) is 7.29. The van der Waals surface area contributed by atoms with Crippen molar-refractivity contribution in [2.75, 3.05) is 37.3 Å². The summed E-state index contributed by atoms with van der Waals surface area (Å²) in [5.74, 6) is -0.198. The summed E-state index contributed by atoms with van der Waals surface area (Å²) in [4.78, 5) is 14.8. The van der Waals surface area contributed by atoms with Crippen LogP contribution in [-0.2, 0) is 27.8 Å². The number of ether oxygens (including phenoxy) is 1. The van der Waals surface area contributed by atoms with Crippen molar-refractivity contribution in [1.29, 1.82) is 0 Å². The number of aryl methyl sites for hydroxylation is 1. The molecule has 29 heavy (non-hydrogen) atoms. The molecule has 7 nitrogen and oxygen atoms in total. The molecule has 0 atom stereocenters. The zero-order valence-corrected chi connectivity index (χ0v) is 17.6. The number of morpholine rings is 1. The first kappa shape index (κ1) is 21.3. The van der Waals surface area contributed by atoms with Crippen molar-refractivity contribution in [3.63, 3.8) is 0 Å². The van der Waals surface area contributed by atoms with E-state index in [4.69, 9.17) is 4.74 Å². The minimum Gasteiger partial charge on any atom is -0.379 e. The Bertz CT molecular complexity index is 952. The first-order valence-corrected chi connectivity index (χ1v) is 11.4. The largest absolute Gasteiger partial charge is 0.379 e. The minimum absolute atomic E-state index is 0.198. The van der Waals surface area contributed by atoms with Crippen molar-refractivity contribution in [1.82, 2.24) is 10.2 Å². The molecular weight excluding hydrogens is 390 g/mol. The van der Waals surface area contributed by atoms with Gasteiger partial charge in [-0.05, 0) is 41.8 Å². The Morgan fingerprint density at radius 3 is 2.34 bits per heavy atom. The molecular formula is C21H27N3O4S. The molecule has 0 bridgehead atoms. The summed E-state index contributed by atoms with van der Waals surface area (Å²) in [5.41, 5.74) is 3.92. The van der Waals surface area contributed by atoms with E-state index in [1.807, 2.05) is 12.1 Å². The summed E-state index contributed by atoms with van der Waals surface area (Å²) in [5, 5.41) is 2.91. The minimum atomic E-state index is -3.35. The summed E-state index contributed by atoms with van der Waals surface area (Å²) < 4.78 is 30.5. The van der Waals surface area contributed by atoms with Gasteiger partial charge >= 0.3 is 0 Å². The molecule has 3 rings (SSSR count). The molecule has 0 radical (unpaired) electrons. The highest BCUT2D eigenvalue weighted by Crippen LogP contribution is 2.18. The third kappa shape index (κ3) is 6.56. The molecule has 0 aromatic heterocycles. The summed E-state index contributed by atoms with van der Waals surface area (Å²) in [6.45, 7) is 6.58. The van der Waals surface area contributed by atoms with Crippen LogP contribution in [0.3, 0.4) is 0 Å². The van der Waals surface area contributed by atoms with Crippen LogP contribution in [0.25, 0.3) is 0 Å². The Labute approximate surface area is 172 Å². The van der Waals surface area contributed by atoms with Crippen LogP contribution in [0, 0.1) is 6.92 Å². The Morgan fingerprint density at radius 1 is 1.07 bits per heavy atom. The van der Waals surface area contributed by atoms with Gasteiger partial charge < -0.3 is 10.1 Å². The second kappa shape index (κ2) is 9.39. The number of benzene rings is 2. The van der Waals surface area contributed by atoms with E-state index < -0.39 is 10.0 Å². The Hall–Kier alpha value is -2.42. The number of carbonyl (C=O) groups excluding carboxylic acids is 1. The van der Waals surface area contributed by atoms with Gasteiger partial charge in [0.15, 0.2) is 0 Å². The van der Waals surface area contributed by atoms with E-state index >= 15 is 0 Å². The second-order valence-corrected chi connectivity index (χ2v) is 9.04. The fraction of sp³-hybridized carbons (Fsp3) is 0.381. The molecule has 1 heterocycles. The van der Waals surface area contributed by atoms with Crippen LogP contribution >= 0.6 is 0 Å². The van der Waals surface area contributed by atoms with Gasteiger partial charge in [0.25, 0.3) is 5.91 Å². The van der Waals surface area contributed by atoms with E-state index in [9.17, 15) is 13.2 Å². The number of rotatable bonds is 7. The topological polar surface area (TPSA) is 87.7 Å². The molecule has 0 aliphatic carbocycles. The van der Waals surface area contributed by atoms with E-state index in [1.54, 1.807) is 25.1 Å². The van der Waals surface area contributed by atoms with Gasteiger partial charge in [-0.15, -0.1) is 0 Å². The number of nitrogens with zero attached hydrogens (tertiary/aromatic N) is 1. The van der Waals surface area contributed by atoms with Gasteiger partial charge in [0.05, 0.1) is 25.2 Å². The predicted octanol–water partition coefficient (Wildman–Crippen LogP) is 2.13. The Morgan fingerprint density at radius 2 is 1.72 bits per heavy atom. The van der Waals surface area contributed by atoms with Gasteiger partial charge in [0.1, 0.15) is 0 Å². The van der Waals surface area contributed by atoms with Gasteiger partial charge in [-0.1, -0.05) is 24.3 Å². The maximum Gasteiger partial charge on any atom is 0.251 e. The molecule has 1 aliphatic rings. The quantitative estimate of drug-likeness (QED) is 0.721. The first-order valence-electron chi connectivity index (χ1n) is 9.55. The van der Waals surface area contributed by atoms with Crippen LogP contribution in [-0.4, -0.2) is 51.8 Å². The van der Waals surface area contributed by atoms with Crippen molar-refractivity contribution in [3.8, 4) is 0 Å². The highest BCUT2D eigenvalue weighted by atomic mass is 32.2. The summed E-state index contributed by atoms with van der Waals surface area (Å²) in [6.07, 6.45) is 1.10. The smallest absolute Gasteiger partial charge is 0.251 e. The van der Waals surface area contributed by atoms with Crippen molar-refractivity contribution in [2.45, 2.75) is 20.0 Å². The number of amides is 1. The average Bonchev–Trinajstić information content (AvgIpc) is 2.68. The van der Waals surface area contributed by atoms with Crippen molar-refractivity contribution >= 4 is 21.6 Å². The van der Waals surface area contributed by atoms with Crippen LogP contribution in [0.15, 0.2) is 42.5 Å². The lowest BCUT2D eigenvalue weighted by Crippen LogP contribution is -2.35. The van der Waals surface area contributed by atoms with Gasteiger partial charge in [0, 0.05) is 31.7 Å². The van der Waals surface area contributed by atoms with E-state index in [0.29, 0.717) is 23.4 Å². The number of nitrogens with one attached hydrogen (secondary N) is 2. The first-order chi connectivity index (χ1) is 13.8. The van der Waals surface area contributed by atoms with Crippen LogP contribution in [0.1, 0.15) is 27.0 Å². The molecule has 1 amide bonds. The molecule has 0 saturated carbocycles. The summed E-state index contributed by atoms with van der Waals surface area (Å²) >= 11 is 0. The molecule has 8 heteroatoms. The highest BCUT2D eigenvalue weighted by molar-refractivity contribution is 7.92. The van der Waals surface area contributed by atoms with Gasteiger partial charge in [-0.25, -0.2) is 8.42 Å². The highest BCUT2D eigenvalue weighted by Gasteiger charge is 2.12. The average molecular weight is 418 g/mol. The predicted molar refractivity (Wildman–Crippen MR) is 113 cm³/mol. The number of hydrogen-bond donors (Lipinski definition) is 2. The van der Waals surface area contributed by atoms with Crippen molar-refractivity contribution < 1.29 is 17.9 Å². The van der Waals surface area contributed by atoms with Crippen LogP contribution in [0.4, 0.5) is 5.69 Å². The summed E-state index contributed by atoms with van der Waals surface area (Å²) in [7, 11) is -3.35. The lowest BCUT2D eigenvalue weighted by Gasteiger charge is -2.26. The third-order valence-electron chi connectivity index (χ3n) is 4.77. The fourth-order valence-corrected chi connectivity index (χ4v) is 3.81. The van der Waals surface area contributed by atoms with Crippen LogP contribution in [0.2, 0.25) is 0 Å². The molecule has 2 N–H and O–H groups in total. The standard InChI is InChI=1S/C21H27N3O4S/c1-16-13-19(7-8-20(16)23-29(2,26)27)21(25)22-14-17-3-5-18(6-4-17)15-24-9-11-28-12-10-24/h3-8,13,23H,9-12,14-15H2,1-2H3,(H,22,25). The molecule has 2 aromatic carbocycles. The van der Waals surface area contributed by atoms with Gasteiger partial charge in [-0.2, -0.15) is 0 Å². The summed E-state index contributed by atoms with van der Waals surface area (Å²) in [6, 6.07) is 13.1. The van der Waals surface area contributed by atoms with E-state index in [-0.39, 0.29) is 5.91 Å². The number of carbonyl (C=O) groups is 1. The number of hydrogen-bond acceptors (Lipinski definition) is 5. The Kier molecular flexibility index (Phi) is 6.89. The Balaban J connectivity index is 1.54. The van der Waals surface area contributed by atoms with Crippen LogP contribution < -0.4 is 10.0 Å². The molecule has 1 saturated heterocycles. The van der Waals surface area contributed by atoms with Gasteiger partial charge in [-0.3, -0.25) is 14.4 Å². The molecule has 0 unspecified atom stereocenters. The zero-order chi connectivity index (χ0) is 20.9. The SMILES string of the molecule is Cc1cc(C(=O)NCc2ccc(CN3CCOCC3)cc2)ccc1NS(C)(=O)=O. The lowest BCUT2D eigenvalue weighted by molar-refractivity contribution is 0.0342. The lowest BCUT2D eigenvalue weighted by atomic mass is 10.1. The molecule has 156 valence electrons. The molecule has 1 aliphatic heterocycles. The van der Waals surface area contributed by atoms with Crippen molar-refractivity contribution in [2.24, 2.45) is 0 Å². The number of sulfonamides is 1. The maximum absolute atomic E-state index is 12.4. The van der Waals surface area contributed by atoms with E-state index in [2.05, 4.69) is 27.1 Å². The third-order valence-corrected chi connectivity index (χ3v) is 5.36. The van der Waals surface area contributed by atoms with Crippen molar-refractivity contribution in [3.05, 3.63) is 64.7 Å². The number of anilines is 1. The molecule has 1 fully saturated rings. The van der Waals surface area contributed by atoms with Crippen LogP contribution in [0.5, 0.6) is 0 Å². The normalized spacial score (nSPS) is 15.1. The van der Waals surface area contributed by atoms with E-state index in [1.165, 1.54) is 5.56 Å². The fourth-order valence-electron chi connectivity index (χ4n) is 3.18. The molecule has 2 aromatic rings. The van der Waals surface area contributed by atoms with E-state index in [0.717, 1.165) is 44.7 Å². The van der Waals surface area contributed by atoms with Gasteiger partial charge in [0.2, 0.25) is 10.0 Å². The monoisotopic (exact) mass is 417 g/mol. The maximum atomic E-state index is 12.4.